The van der Waals surface area contributed by atoms with Gasteiger partial charge in [0.05, 0.1) is 34.9 Å². The first-order valence-electron chi connectivity index (χ1n) is 9.95. The first-order valence-corrected chi connectivity index (χ1v) is 9.95. The number of halogens is 4. The predicted octanol–water partition coefficient (Wildman–Crippen LogP) is 3.82. The molecule has 0 aliphatic heterocycles. The molecule has 0 atom stereocenters. The molecule has 1 N–H and O–H groups in total. The first-order chi connectivity index (χ1) is 16.1. The van der Waals surface area contributed by atoms with E-state index in [0.29, 0.717) is 16.1 Å². The molecule has 3 heterocycles. The fourth-order valence-corrected chi connectivity index (χ4v) is 3.12. The molecule has 0 aliphatic carbocycles. The molecule has 0 bridgehead atoms. The molecule has 0 radical (unpaired) electrons. The van der Waals surface area contributed by atoms with Crippen molar-refractivity contribution in [3.8, 4) is 16.9 Å². The molecule has 0 aliphatic rings. The molecule has 12 heteroatoms. The third-order valence-electron chi connectivity index (χ3n) is 4.82. The standard InChI is InChI=1S/C22H17F4N7O/c1-12-3-6-18(27-9-12)16-7-15(33-21(22(24,25)26)29-11-30-33)8-17(19(16)23)20(34)28-10-14-5-4-13(2)31-32-14/h3-9,11H,10H2,1-2H3,(H,28,34). The van der Waals surface area contributed by atoms with Crippen LogP contribution in [0.1, 0.15) is 33.1 Å². The van der Waals surface area contributed by atoms with Gasteiger partial charge in [-0.25, -0.2) is 14.1 Å². The summed E-state index contributed by atoms with van der Waals surface area (Å²) in [5.74, 6) is -3.12. The number of carbonyl (C=O) groups is 1. The van der Waals surface area contributed by atoms with E-state index in [-0.39, 0.29) is 23.5 Å². The minimum atomic E-state index is -4.82. The lowest BCUT2D eigenvalue weighted by atomic mass is 10.0. The van der Waals surface area contributed by atoms with Gasteiger partial charge in [-0.05, 0) is 49.7 Å². The summed E-state index contributed by atoms with van der Waals surface area (Å²) in [5.41, 5.74) is 1.18. The highest BCUT2D eigenvalue weighted by Gasteiger charge is 2.37. The largest absolute Gasteiger partial charge is 0.451 e. The number of nitrogens with one attached hydrogen (secondary N) is 1. The first kappa shape index (κ1) is 23.0. The summed E-state index contributed by atoms with van der Waals surface area (Å²) in [6, 6.07) is 8.63. The zero-order valence-electron chi connectivity index (χ0n) is 17.9. The molecular formula is C22H17F4N7O. The van der Waals surface area contributed by atoms with Crippen LogP contribution < -0.4 is 5.32 Å². The number of aryl methyl sites for hydroxylation is 2. The lowest BCUT2D eigenvalue weighted by Gasteiger charge is -2.14. The van der Waals surface area contributed by atoms with Crippen LogP contribution in [0, 0.1) is 19.7 Å². The highest BCUT2D eigenvalue weighted by molar-refractivity contribution is 5.96. The van der Waals surface area contributed by atoms with Gasteiger partial charge < -0.3 is 5.32 Å². The Bertz CT molecular complexity index is 1330. The summed E-state index contributed by atoms with van der Waals surface area (Å²) in [6.07, 6.45) is -2.61. The quantitative estimate of drug-likeness (QED) is 0.445. The molecule has 34 heavy (non-hydrogen) atoms. The molecule has 3 aromatic heterocycles. The lowest BCUT2D eigenvalue weighted by molar-refractivity contribution is -0.146. The van der Waals surface area contributed by atoms with Crippen LogP contribution in [0.5, 0.6) is 0 Å². The fraction of sp³-hybridized carbons (Fsp3) is 0.182. The van der Waals surface area contributed by atoms with Crippen molar-refractivity contribution in [3.05, 3.63) is 83.1 Å². The fourth-order valence-electron chi connectivity index (χ4n) is 3.12. The zero-order valence-corrected chi connectivity index (χ0v) is 17.9. The summed E-state index contributed by atoms with van der Waals surface area (Å²) in [4.78, 5) is 20.3. The SMILES string of the molecule is Cc1ccc(-c2cc(-n3ncnc3C(F)(F)F)cc(C(=O)NCc3ccc(C)nn3)c2F)nc1. The Labute approximate surface area is 190 Å². The van der Waals surface area contributed by atoms with Crippen LogP contribution >= 0.6 is 0 Å². The molecule has 0 saturated carbocycles. The number of hydrogen-bond acceptors (Lipinski definition) is 6. The summed E-state index contributed by atoms with van der Waals surface area (Å²) in [6.45, 7) is 3.46. The van der Waals surface area contributed by atoms with E-state index in [1.165, 1.54) is 12.3 Å². The van der Waals surface area contributed by atoms with Gasteiger partial charge in [-0.3, -0.25) is 9.78 Å². The molecule has 8 nitrogen and oxygen atoms in total. The third-order valence-corrected chi connectivity index (χ3v) is 4.82. The minimum Gasteiger partial charge on any atom is -0.346 e. The summed E-state index contributed by atoms with van der Waals surface area (Å²) in [5, 5.41) is 13.9. The van der Waals surface area contributed by atoms with Crippen molar-refractivity contribution in [3.63, 3.8) is 0 Å². The molecule has 1 amide bonds. The van der Waals surface area contributed by atoms with Gasteiger partial charge in [-0.2, -0.15) is 28.5 Å². The average Bonchev–Trinajstić information content (AvgIpc) is 3.30. The van der Waals surface area contributed by atoms with Crippen molar-refractivity contribution in [2.45, 2.75) is 26.6 Å². The van der Waals surface area contributed by atoms with E-state index < -0.39 is 29.3 Å². The van der Waals surface area contributed by atoms with Crippen LogP contribution in [0.15, 0.2) is 48.9 Å². The number of carbonyl (C=O) groups excluding carboxylic acids is 1. The Balaban J connectivity index is 1.79. The second-order valence-corrected chi connectivity index (χ2v) is 7.42. The van der Waals surface area contributed by atoms with Crippen LogP contribution in [0.25, 0.3) is 16.9 Å². The Kier molecular flexibility index (Phi) is 6.05. The molecule has 0 saturated heterocycles. The minimum absolute atomic E-state index is 0.0645. The second-order valence-electron chi connectivity index (χ2n) is 7.42. The van der Waals surface area contributed by atoms with Gasteiger partial charge in [-0.1, -0.05) is 6.07 Å². The van der Waals surface area contributed by atoms with Crippen molar-refractivity contribution in [1.82, 2.24) is 35.3 Å². The number of rotatable bonds is 5. The number of pyridine rings is 1. The zero-order chi connectivity index (χ0) is 24.5. The van der Waals surface area contributed by atoms with Crippen LogP contribution in [-0.4, -0.2) is 35.9 Å². The monoisotopic (exact) mass is 471 g/mol. The van der Waals surface area contributed by atoms with Crippen molar-refractivity contribution in [1.29, 1.82) is 0 Å². The predicted molar refractivity (Wildman–Crippen MR) is 112 cm³/mol. The van der Waals surface area contributed by atoms with Gasteiger partial charge in [0.2, 0.25) is 5.82 Å². The molecule has 174 valence electrons. The van der Waals surface area contributed by atoms with Crippen molar-refractivity contribution in [2.75, 3.05) is 0 Å². The van der Waals surface area contributed by atoms with E-state index >= 15 is 4.39 Å². The van der Waals surface area contributed by atoms with Gasteiger partial charge in [-0.15, -0.1) is 0 Å². The molecule has 0 spiro atoms. The summed E-state index contributed by atoms with van der Waals surface area (Å²) >= 11 is 0. The van der Waals surface area contributed by atoms with Crippen molar-refractivity contribution >= 4 is 5.91 Å². The normalized spacial score (nSPS) is 11.5. The van der Waals surface area contributed by atoms with E-state index in [1.807, 2.05) is 0 Å². The maximum absolute atomic E-state index is 15.4. The van der Waals surface area contributed by atoms with E-state index in [4.69, 9.17) is 0 Å². The van der Waals surface area contributed by atoms with E-state index in [9.17, 15) is 18.0 Å². The van der Waals surface area contributed by atoms with Gasteiger partial charge in [0.1, 0.15) is 12.1 Å². The van der Waals surface area contributed by atoms with E-state index in [1.54, 1.807) is 32.0 Å². The Morgan fingerprint density at radius 2 is 1.85 bits per heavy atom. The number of hydrogen-bond donors (Lipinski definition) is 1. The molecular weight excluding hydrogens is 454 g/mol. The topological polar surface area (TPSA) is 98.5 Å². The van der Waals surface area contributed by atoms with Gasteiger partial charge in [0.15, 0.2) is 0 Å². The molecule has 0 unspecified atom stereocenters. The number of benzene rings is 1. The Morgan fingerprint density at radius 3 is 2.50 bits per heavy atom. The van der Waals surface area contributed by atoms with Crippen LogP contribution in [-0.2, 0) is 12.7 Å². The number of alkyl halides is 3. The summed E-state index contributed by atoms with van der Waals surface area (Å²) in [7, 11) is 0. The summed E-state index contributed by atoms with van der Waals surface area (Å²) < 4.78 is 56.2. The lowest BCUT2D eigenvalue weighted by Crippen LogP contribution is -2.25. The number of nitrogens with zero attached hydrogens (tertiary/aromatic N) is 6. The maximum atomic E-state index is 15.4. The van der Waals surface area contributed by atoms with Gasteiger partial charge in [0.25, 0.3) is 5.91 Å². The van der Waals surface area contributed by atoms with E-state index in [2.05, 4.69) is 30.6 Å². The second kappa shape index (κ2) is 8.96. The smallest absolute Gasteiger partial charge is 0.346 e. The number of aromatic nitrogens is 6. The molecule has 0 fully saturated rings. The molecule has 4 rings (SSSR count). The van der Waals surface area contributed by atoms with Gasteiger partial charge >= 0.3 is 6.18 Å². The average molecular weight is 471 g/mol. The van der Waals surface area contributed by atoms with Crippen molar-refractivity contribution in [2.24, 2.45) is 0 Å². The highest BCUT2D eigenvalue weighted by atomic mass is 19.4. The maximum Gasteiger partial charge on any atom is 0.451 e. The van der Waals surface area contributed by atoms with Crippen LogP contribution in [0.3, 0.4) is 0 Å². The molecule has 4 aromatic rings. The van der Waals surface area contributed by atoms with Crippen LogP contribution in [0.2, 0.25) is 0 Å². The highest BCUT2D eigenvalue weighted by Crippen LogP contribution is 2.32. The van der Waals surface area contributed by atoms with E-state index in [0.717, 1.165) is 24.0 Å². The Hall–Kier alpha value is -4.22. The number of amides is 1. The van der Waals surface area contributed by atoms with Crippen molar-refractivity contribution < 1.29 is 22.4 Å². The molecule has 1 aromatic carbocycles. The third kappa shape index (κ3) is 4.75. The van der Waals surface area contributed by atoms with Crippen LogP contribution in [0.4, 0.5) is 17.6 Å². The Morgan fingerprint density at radius 1 is 1.06 bits per heavy atom. The van der Waals surface area contributed by atoms with Gasteiger partial charge in [0, 0.05) is 11.8 Å².